The van der Waals surface area contributed by atoms with Gasteiger partial charge in [0, 0.05) is 166 Å². The summed E-state index contributed by atoms with van der Waals surface area (Å²) in [6, 6.07) is 83.5. The minimum atomic E-state index is -4.31. The van der Waals surface area contributed by atoms with Gasteiger partial charge in [0.2, 0.25) is 5.91 Å². The molecule has 13 nitrogen and oxygen atoms in total. The third-order valence-electron chi connectivity index (χ3n) is 27.9. The number of ether oxygens (including phenoxy) is 2. The first-order chi connectivity index (χ1) is 65.3. The second-order valence-electron chi connectivity index (χ2n) is 36.1. The van der Waals surface area contributed by atoms with Crippen molar-refractivity contribution in [2.75, 3.05) is 29.7 Å². The molecule has 0 saturated carbocycles. The molecule has 6 unspecified atom stereocenters. The minimum absolute atomic E-state index is 0.0904. The summed E-state index contributed by atoms with van der Waals surface area (Å²) >= 11 is 17.9. The van der Waals surface area contributed by atoms with Crippen molar-refractivity contribution in [3.05, 3.63) is 379 Å². The Morgan fingerprint density at radius 1 is 0.410 bits per heavy atom. The molecule has 6 aliphatic carbocycles. The molecule has 134 heavy (non-hydrogen) atoms. The number of hydrogen-bond donors (Lipinski definition) is 8. The maximum atomic E-state index is 13.9. The Morgan fingerprint density at radius 3 is 1.38 bits per heavy atom. The number of aryl methyl sites for hydroxylation is 6. The Bertz CT molecular complexity index is 7340. The predicted octanol–water partition coefficient (Wildman–Crippen LogP) is 32.2. The maximum Gasteiger partial charge on any atom is 0.416 e. The molecule has 0 fully saturated rings. The van der Waals surface area contributed by atoms with Crippen LogP contribution in [-0.4, -0.2) is 53.7 Å². The highest BCUT2D eigenvalue weighted by atomic mass is 79.9. The monoisotopic (exact) mass is 2110 g/mol. The van der Waals surface area contributed by atoms with E-state index in [1.807, 2.05) is 77.4 Å². The zero-order valence-corrected chi connectivity index (χ0v) is 82.4. The molecule has 682 valence electrons. The number of alkyl halides is 3. The highest BCUT2D eigenvalue weighted by Gasteiger charge is 2.36. The van der Waals surface area contributed by atoms with Crippen molar-refractivity contribution in [2.24, 2.45) is 0 Å². The summed E-state index contributed by atoms with van der Waals surface area (Å²) in [5.74, 6) is 2.82. The van der Waals surface area contributed by atoms with E-state index in [2.05, 4.69) is 277 Å². The maximum absolute atomic E-state index is 13.9. The van der Waals surface area contributed by atoms with Gasteiger partial charge in [0.05, 0.1) is 60.3 Å². The summed E-state index contributed by atoms with van der Waals surface area (Å²) in [6.45, 7) is 2.46. The lowest BCUT2D eigenvalue weighted by atomic mass is 9.82. The van der Waals surface area contributed by atoms with Crippen molar-refractivity contribution in [3.63, 3.8) is 0 Å². The third-order valence-corrected chi connectivity index (χ3v) is 30.3. The Labute approximate surface area is 818 Å². The number of nitrogens with zero attached hydrogens (tertiary/aromatic N) is 2. The molecule has 22 heteroatoms. The first-order valence-corrected chi connectivity index (χ1v) is 50.7. The average Bonchev–Trinajstić information content (AvgIpc) is 1.58. The van der Waals surface area contributed by atoms with Gasteiger partial charge in [-0.15, -0.1) is 0 Å². The first-order valence-electron chi connectivity index (χ1n) is 46.7. The Hall–Kier alpha value is -11.3. The summed E-state index contributed by atoms with van der Waals surface area (Å²) in [7, 11) is 1.73. The van der Waals surface area contributed by atoms with Crippen molar-refractivity contribution in [3.8, 4) is 11.5 Å². The Balaban J connectivity index is 0.0000000999. The molecule has 11 aromatic carbocycles. The van der Waals surface area contributed by atoms with Gasteiger partial charge in [-0.3, -0.25) is 9.36 Å². The third kappa shape index (κ3) is 19.0. The summed E-state index contributed by atoms with van der Waals surface area (Å²) in [6.07, 6.45) is 20.9. The van der Waals surface area contributed by atoms with Crippen LogP contribution in [0.3, 0.4) is 0 Å². The van der Waals surface area contributed by atoms with Gasteiger partial charge in [-0.05, 0) is 329 Å². The van der Waals surface area contributed by atoms with Gasteiger partial charge in [-0.2, -0.15) is 13.2 Å². The average molecular weight is 2110 g/mol. The number of benzene rings is 11. The van der Waals surface area contributed by atoms with Crippen LogP contribution in [0.2, 0.25) is 0 Å². The summed E-state index contributed by atoms with van der Waals surface area (Å²) in [5, 5.41) is 17.8. The van der Waals surface area contributed by atoms with Crippen LogP contribution >= 0.6 is 79.6 Å². The fourth-order valence-corrected chi connectivity index (χ4v) is 23.5. The number of aromatic amines is 5. The van der Waals surface area contributed by atoms with Crippen LogP contribution in [0, 0.1) is 5.82 Å². The number of fused-ring (bicyclic) bond motifs is 19. The second kappa shape index (κ2) is 39.6. The number of H-pyrrole nitrogens is 5. The predicted molar refractivity (Wildman–Crippen MR) is 554 cm³/mol. The van der Waals surface area contributed by atoms with Crippen LogP contribution in [0.5, 0.6) is 11.5 Å². The van der Waals surface area contributed by atoms with Crippen LogP contribution < -0.4 is 25.4 Å². The standard InChI is InChI=1S/C20H19BrN2O.C19H18BrNO.C19H17F3N2.C18H16BrFN2.C18H17BrN2O.C18H16BrN/c21-13-5-7-17-16(10-13)15-2-1-3-18(20(15)23-17)22-14-6-4-12-8-9-24-19(12)11-14;1-22-14-5-2-4-12(10-14)15-6-3-7-16-17-11-13(20)8-9-18(17)21-19(15)16;20-19(21,22)12-9-10-16-15(11-12)14-7-4-8-17(18(14)24-16)23-13-5-2-1-3-6-13;19-11-8-9-15-13(10-11)12-4-3-7-17(18(12)22-15)21-16-6-2-1-5-14(16)20;1-12(22)21-16-8-7-13(19)11-15(16)14-5-4-6-17(18(14)21)20-9-2-3-10-20;19-13-9-10-17-16(11-13)15-8-4-7-14(18(15)20-17)12-5-2-1-3-6-12/h4-7,10-11,18,22-23H,1-3,8-9H2;2,4-5,8-11,15,21H,3,6-7H2,1H3;1-3,5-6,9-11,17,23-24H,4,7-8H2;1-2,5-6,8-10,17,21-22H,3-4,7H2;2-3,7-11,17H,4-6H2,1H3;1-3,5-6,9-11,14,20H,4,7-8H2. The summed E-state index contributed by atoms with van der Waals surface area (Å²) in [5.41, 5.74) is 28.6. The molecule has 25 rings (SSSR count). The van der Waals surface area contributed by atoms with Crippen molar-refractivity contribution >= 4 is 168 Å². The molecular formula is C112H103Br5F4N10O3. The fraction of sp³-hybridized carbons (Fsp3) is 0.259. The minimum Gasteiger partial charge on any atom is -0.497 e. The number of carbonyl (C=O) groups is 1. The van der Waals surface area contributed by atoms with Gasteiger partial charge in [0.25, 0.3) is 0 Å². The van der Waals surface area contributed by atoms with E-state index >= 15 is 0 Å². The first kappa shape index (κ1) is 90.5. The normalized spacial score (nSPS) is 17.9. The molecule has 0 radical (unpaired) electrons. The van der Waals surface area contributed by atoms with Crippen LogP contribution in [0.4, 0.5) is 34.6 Å². The van der Waals surface area contributed by atoms with E-state index < -0.39 is 11.7 Å². The molecule has 0 spiro atoms. The molecule has 8 N–H and O–H groups in total. The quantitative estimate of drug-likeness (QED) is 0.0637. The van der Waals surface area contributed by atoms with Gasteiger partial charge in [-0.25, -0.2) is 4.39 Å². The van der Waals surface area contributed by atoms with E-state index in [9.17, 15) is 22.4 Å². The molecule has 7 aromatic heterocycles. The summed E-state index contributed by atoms with van der Waals surface area (Å²) in [4.78, 5) is 30.2. The van der Waals surface area contributed by atoms with Crippen molar-refractivity contribution in [2.45, 2.75) is 171 Å². The van der Waals surface area contributed by atoms with Crippen molar-refractivity contribution in [1.82, 2.24) is 34.1 Å². The van der Waals surface area contributed by atoms with Crippen LogP contribution in [0.15, 0.2) is 283 Å². The highest BCUT2D eigenvalue weighted by Crippen LogP contribution is 2.48. The molecule has 1 aliphatic heterocycles. The zero-order chi connectivity index (χ0) is 91.8. The van der Waals surface area contributed by atoms with Gasteiger partial charge in [0.1, 0.15) is 17.3 Å². The van der Waals surface area contributed by atoms with E-state index in [0.29, 0.717) is 29.0 Å². The van der Waals surface area contributed by atoms with E-state index in [1.165, 1.54) is 173 Å². The zero-order valence-electron chi connectivity index (χ0n) is 74.5. The summed E-state index contributed by atoms with van der Waals surface area (Å²) < 4.78 is 73.7. The molecular weight excluding hydrogens is 2010 g/mol. The Kier molecular flexibility index (Phi) is 26.7. The van der Waals surface area contributed by atoms with Crippen LogP contribution in [0.1, 0.15) is 215 Å². The van der Waals surface area contributed by atoms with Crippen molar-refractivity contribution < 1.29 is 31.8 Å². The number of aromatic nitrogens is 7. The number of nitrogens with one attached hydrogen (secondary N) is 8. The number of para-hydroxylation sites is 2. The van der Waals surface area contributed by atoms with E-state index in [0.717, 1.165) is 169 Å². The van der Waals surface area contributed by atoms with Crippen LogP contribution in [-0.2, 0) is 51.1 Å². The van der Waals surface area contributed by atoms with Crippen molar-refractivity contribution in [1.29, 1.82) is 0 Å². The molecule has 8 heterocycles. The highest BCUT2D eigenvalue weighted by molar-refractivity contribution is 9.11. The number of rotatable bonds is 10. The van der Waals surface area contributed by atoms with Crippen LogP contribution in [0.25, 0.3) is 65.4 Å². The lowest BCUT2D eigenvalue weighted by Gasteiger charge is -2.26. The number of anilines is 3. The SMILES string of the molecule is Brc1ccc2[nH]c3c(c2c1)CCCC3Nc1ccc2c(c1)OCC2.Brc1ccc2[nH]c3c(c2c1)CCCC3c1ccccc1.CC(=O)n1c2c(c3cc(Br)ccc31)CCCC2n1cccc1.COc1cccc(C2CCCc3c2[nH]c2ccc(Br)cc32)c1.FC(F)(F)c1ccc2[nH]c3c(c2c1)CCCC3Nc1ccccc1.Fc1ccccc1NC1CCCc2c1[nH]c1ccc(Br)cc21. The molecule has 18 aromatic rings. The molecule has 6 atom stereocenters. The molecule has 0 amide bonds. The largest absolute Gasteiger partial charge is 0.497 e. The lowest BCUT2D eigenvalue weighted by molar-refractivity contribution is -0.137. The second-order valence-corrected chi connectivity index (χ2v) is 40.7. The fourth-order valence-electron chi connectivity index (χ4n) is 21.7. The van der Waals surface area contributed by atoms with E-state index in [4.69, 9.17) is 9.47 Å². The number of halogens is 9. The molecule has 0 bridgehead atoms. The van der Waals surface area contributed by atoms with Gasteiger partial charge >= 0.3 is 6.18 Å². The number of methoxy groups -OCH3 is 1. The lowest BCUT2D eigenvalue weighted by Crippen LogP contribution is -2.21. The van der Waals surface area contributed by atoms with Gasteiger partial charge in [0.15, 0.2) is 0 Å². The number of carbonyl (C=O) groups excluding carboxylic acids is 1. The smallest absolute Gasteiger partial charge is 0.416 e. The van der Waals surface area contributed by atoms with Gasteiger partial charge < -0.3 is 54.9 Å². The topological polar surface area (TPSA) is 160 Å². The van der Waals surface area contributed by atoms with Gasteiger partial charge in [-0.1, -0.05) is 159 Å². The van der Waals surface area contributed by atoms with E-state index in [-0.39, 0.29) is 29.8 Å². The Morgan fingerprint density at radius 2 is 0.851 bits per heavy atom. The van der Waals surface area contributed by atoms with E-state index in [1.54, 1.807) is 26.2 Å². The molecule has 0 saturated heterocycles. The molecule has 7 aliphatic rings. The number of hydrogen-bond acceptors (Lipinski definition) is 6.